The van der Waals surface area contributed by atoms with Gasteiger partial charge in [0.05, 0.1) is 31.2 Å². The van der Waals surface area contributed by atoms with E-state index >= 15 is 0 Å². The molecule has 0 radical (unpaired) electrons. The molecule has 1 aromatic carbocycles. The monoisotopic (exact) mass is 392 g/mol. The Morgan fingerprint density at radius 3 is 2.52 bits per heavy atom. The summed E-state index contributed by atoms with van der Waals surface area (Å²) in [6, 6.07) is 6.54. The highest BCUT2D eigenvalue weighted by atomic mass is 32.3. The zero-order chi connectivity index (χ0) is 19.8. The highest BCUT2D eigenvalue weighted by molar-refractivity contribution is 8.46. The summed E-state index contributed by atoms with van der Waals surface area (Å²) < 4.78 is 10.1. The molecule has 0 spiro atoms. The van der Waals surface area contributed by atoms with Crippen molar-refractivity contribution in [2.75, 3.05) is 25.7 Å². The number of carbonyl (C=O) groups excluding carboxylic acids is 3. The van der Waals surface area contributed by atoms with Crippen molar-refractivity contribution in [2.45, 2.75) is 12.2 Å². The molecule has 9 heteroatoms. The van der Waals surface area contributed by atoms with Gasteiger partial charge < -0.3 is 14.5 Å². The summed E-state index contributed by atoms with van der Waals surface area (Å²) in [7, 11) is 0.388. The first-order valence-corrected chi connectivity index (χ1v) is 10.2. The fourth-order valence-electron chi connectivity index (χ4n) is 3.36. The molecular weight excluding hydrogens is 372 g/mol. The van der Waals surface area contributed by atoms with Crippen LogP contribution in [0.4, 0.5) is 4.79 Å². The second kappa shape index (κ2) is 7.07. The van der Waals surface area contributed by atoms with Gasteiger partial charge in [0.25, 0.3) is 5.24 Å². The molecule has 0 saturated carbocycles. The first-order valence-electron chi connectivity index (χ1n) is 8.20. The second-order valence-electron chi connectivity index (χ2n) is 6.25. The molecule has 2 amide bonds. The first-order chi connectivity index (χ1) is 12.8. The van der Waals surface area contributed by atoms with Crippen LogP contribution in [0.1, 0.15) is 17.7 Å². The lowest BCUT2D eigenvalue weighted by molar-refractivity contribution is -0.137. The van der Waals surface area contributed by atoms with Crippen molar-refractivity contribution < 1.29 is 23.9 Å². The molecule has 1 aromatic heterocycles. The molecule has 27 heavy (non-hydrogen) atoms. The van der Waals surface area contributed by atoms with Gasteiger partial charge in [0.15, 0.2) is 0 Å². The average molecular weight is 392 g/mol. The maximum Gasteiger partial charge on any atom is 0.314 e. The molecule has 2 aromatic rings. The van der Waals surface area contributed by atoms with Gasteiger partial charge in [-0.05, 0) is 17.7 Å². The van der Waals surface area contributed by atoms with Crippen molar-refractivity contribution in [3.63, 3.8) is 0 Å². The van der Waals surface area contributed by atoms with Crippen molar-refractivity contribution in [2.24, 2.45) is 0 Å². The van der Waals surface area contributed by atoms with Crippen LogP contribution in [0.25, 0.3) is 10.9 Å². The number of carbonyl (C=O) groups is 3. The molecular formula is C18H20N2O6S. The number of benzene rings is 1. The maximum atomic E-state index is 12.7. The number of methoxy groups -OCH3 is 2. The quantitative estimate of drug-likeness (QED) is 0.750. The Morgan fingerprint density at radius 2 is 1.93 bits per heavy atom. The third kappa shape index (κ3) is 3.18. The lowest BCUT2D eigenvalue weighted by Crippen LogP contribution is -2.27. The van der Waals surface area contributed by atoms with E-state index in [4.69, 9.17) is 9.47 Å². The topological polar surface area (TPSA) is 115 Å². The highest BCUT2D eigenvalue weighted by Gasteiger charge is 2.48. The average Bonchev–Trinajstić information content (AvgIpc) is 2.93. The molecule has 0 bridgehead atoms. The standard InChI is InChI=1S/C18H20N2O6S/c1-10(27(9-16(23)26-3)8-15(22)20-18(27)24)11-4-6-13(25-2)17-12(11)5-7-14(21)19-17/h4-7,10H,8-9H2,1-3H3,(H,19,21)(H,20,22,24). The van der Waals surface area contributed by atoms with Gasteiger partial charge in [0.2, 0.25) is 11.5 Å². The predicted octanol–water partition coefficient (Wildman–Crippen LogP) is 1.83. The van der Waals surface area contributed by atoms with Crippen molar-refractivity contribution in [3.05, 3.63) is 40.2 Å². The minimum Gasteiger partial charge on any atom is -0.495 e. The van der Waals surface area contributed by atoms with Gasteiger partial charge >= 0.3 is 5.97 Å². The summed E-state index contributed by atoms with van der Waals surface area (Å²) in [4.78, 5) is 51.2. The molecule has 2 unspecified atom stereocenters. The molecule has 2 heterocycles. The number of hydrogen-bond acceptors (Lipinski definition) is 6. The molecule has 144 valence electrons. The molecule has 0 aliphatic carbocycles. The SMILES string of the molecule is COC(=O)CS1(C(C)c2ccc(OC)c3[nH]c(=O)ccc23)CC(=O)NC1=O. The van der Waals surface area contributed by atoms with Crippen molar-refractivity contribution in [3.8, 4) is 5.75 Å². The Morgan fingerprint density at radius 1 is 1.19 bits per heavy atom. The molecule has 1 aliphatic rings. The van der Waals surface area contributed by atoms with Crippen molar-refractivity contribution >= 4 is 38.0 Å². The number of aromatic amines is 1. The van der Waals surface area contributed by atoms with Gasteiger partial charge in [-0.1, -0.05) is 13.0 Å². The number of ether oxygens (including phenoxy) is 2. The van der Waals surface area contributed by atoms with E-state index in [1.54, 1.807) is 18.2 Å². The van der Waals surface area contributed by atoms with Gasteiger partial charge in [-0.15, -0.1) is 10.0 Å². The number of hydrogen-bond donors (Lipinski definition) is 2. The lowest BCUT2D eigenvalue weighted by Gasteiger charge is -2.37. The van der Waals surface area contributed by atoms with E-state index in [1.807, 2.05) is 6.92 Å². The van der Waals surface area contributed by atoms with Crippen molar-refractivity contribution in [1.82, 2.24) is 10.3 Å². The van der Waals surface area contributed by atoms with Crippen LogP contribution in [0.3, 0.4) is 0 Å². The minimum atomic E-state index is -2.36. The number of esters is 1. The fourth-order valence-corrected chi connectivity index (χ4v) is 6.64. The van der Waals surface area contributed by atoms with E-state index in [2.05, 4.69) is 10.3 Å². The number of pyridine rings is 1. The van der Waals surface area contributed by atoms with Gasteiger partial charge in [-0.3, -0.25) is 24.5 Å². The van der Waals surface area contributed by atoms with Gasteiger partial charge in [0, 0.05) is 16.7 Å². The van der Waals surface area contributed by atoms with Crippen LogP contribution in [0.2, 0.25) is 0 Å². The van der Waals surface area contributed by atoms with E-state index in [1.165, 1.54) is 20.3 Å². The number of fused-ring (bicyclic) bond motifs is 1. The molecule has 2 N–H and O–H groups in total. The zero-order valence-electron chi connectivity index (χ0n) is 15.2. The smallest absolute Gasteiger partial charge is 0.314 e. The van der Waals surface area contributed by atoms with Crippen LogP contribution >= 0.6 is 10.0 Å². The number of nitrogens with one attached hydrogen (secondary N) is 2. The van der Waals surface area contributed by atoms with E-state index in [0.29, 0.717) is 16.7 Å². The van der Waals surface area contributed by atoms with E-state index in [-0.39, 0.29) is 17.1 Å². The van der Waals surface area contributed by atoms with Crippen LogP contribution in [-0.2, 0) is 14.3 Å². The minimum absolute atomic E-state index is 0.0288. The molecule has 2 atom stereocenters. The Hall–Kier alpha value is -2.81. The number of rotatable bonds is 5. The summed E-state index contributed by atoms with van der Waals surface area (Å²) in [6.07, 6.45) is 0. The maximum absolute atomic E-state index is 12.7. The molecule has 3 rings (SSSR count). The predicted molar refractivity (Wildman–Crippen MR) is 102 cm³/mol. The molecule has 1 aliphatic heterocycles. The van der Waals surface area contributed by atoms with Crippen LogP contribution in [0.5, 0.6) is 5.75 Å². The molecule has 8 nitrogen and oxygen atoms in total. The van der Waals surface area contributed by atoms with Crippen LogP contribution in [0.15, 0.2) is 29.1 Å². The third-order valence-corrected chi connectivity index (χ3v) is 8.80. The van der Waals surface area contributed by atoms with Crippen LogP contribution in [0, 0.1) is 0 Å². The van der Waals surface area contributed by atoms with E-state index in [9.17, 15) is 19.2 Å². The van der Waals surface area contributed by atoms with Gasteiger partial charge in [0.1, 0.15) is 5.75 Å². The van der Waals surface area contributed by atoms with Crippen LogP contribution < -0.4 is 15.6 Å². The second-order valence-corrected chi connectivity index (χ2v) is 9.80. The lowest BCUT2D eigenvalue weighted by atomic mass is 10.1. The normalized spacial score (nSPS) is 22.8. The molecule has 1 saturated heterocycles. The van der Waals surface area contributed by atoms with Gasteiger partial charge in [-0.2, -0.15) is 0 Å². The highest BCUT2D eigenvalue weighted by Crippen LogP contribution is 2.63. The van der Waals surface area contributed by atoms with Gasteiger partial charge in [-0.25, -0.2) is 0 Å². The zero-order valence-corrected chi connectivity index (χ0v) is 16.0. The summed E-state index contributed by atoms with van der Waals surface area (Å²) in [5.41, 5.74) is 0.980. The van der Waals surface area contributed by atoms with Crippen LogP contribution in [-0.4, -0.2) is 47.8 Å². The third-order valence-electron chi connectivity index (χ3n) is 4.83. The Bertz CT molecular complexity index is 1000. The Balaban J connectivity index is 2.19. The number of imide groups is 1. The summed E-state index contributed by atoms with van der Waals surface area (Å²) in [5.74, 6) is -0.606. The number of amides is 2. The molecule has 1 fully saturated rings. The largest absolute Gasteiger partial charge is 0.495 e. The fraction of sp³-hybridized carbons (Fsp3) is 0.333. The summed E-state index contributed by atoms with van der Waals surface area (Å²) in [6.45, 7) is 1.82. The Kier molecular flexibility index (Phi) is 4.97. The number of H-pyrrole nitrogens is 1. The summed E-state index contributed by atoms with van der Waals surface area (Å²) >= 11 is 0. The van der Waals surface area contributed by atoms with E-state index < -0.39 is 32.4 Å². The van der Waals surface area contributed by atoms with E-state index in [0.717, 1.165) is 5.56 Å². The number of aromatic nitrogens is 1. The Labute approximate surface area is 156 Å². The van der Waals surface area contributed by atoms with Crippen molar-refractivity contribution in [1.29, 1.82) is 0 Å². The first kappa shape index (κ1) is 19.0. The summed E-state index contributed by atoms with van der Waals surface area (Å²) in [5, 5.41) is 2.20.